The summed E-state index contributed by atoms with van der Waals surface area (Å²) in [5, 5.41) is 8.48. The summed E-state index contributed by atoms with van der Waals surface area (Å²) >= 11 is 3.14. The average Bonchev–Trinajstić information content (AvgIpc) is 3.84. The van der Waals surface area contributed by atoms with Crippen molar-refractivity contribution in [3.05, 3.63) is 53.2 Å². The van der Waals surface area contributed by atoms with Gasteiger partial charge in [0.25, 0.3) is 0 Å². The van der Waals surface area contributed by atoms with Crippen LogP contribution in [0.15, 0.2) is 42.7 Å². The predicted octanol–water partition coefficient (Wildman–Crippen LogP) is 7.94. The number of nitrogens with one attached hydrogen (secondary N) is 2. The number of benzene rings is 1. The summed E-state index contributed by atoms with van der Waals surface area (Å²) in [4.78, 5) is 53.0. The number of thiazole rings is 1. The first-order chi connectivity index (χ1) is 24.7. The second-order valence-corrected chi connectivity index (χ2v) is 18.3. The van der Waals surface area contributed by atoms with Crippen LogP contribution in [0.25, 0.3) is 31.9 Å². The molecular formula is C39H48N6O5S2. The van der Waals surface area contributed by atoms with Gasteiger partial charge in [0.15, 0.2) is 0 Å². The Morgan fingerprint density at radius 2 is 1.56 bits per heavy atom. The molecule has 0 radical (unpaired) electrons. The lowest BCUT2D eigenvalue weighted by atomic mass is 10.0. The van der Waals surface area contributed by atoms with Crippen LogP contribution in [0.4, 0.5) is 14.6 Å². The van der Waals surface area contributed by atoms with Crippen LogP contribution in [0.2, 0.25) is 0 Å². The third-order valence-electron chi connectivity index (χ3n) is 9.76. The summed E-state index contributed by atoms with van der Waals surface area (Å²) in [5.41, 5.74) is 4.05. The van der Waals surface area contributed by atoms with Crippen LogP contribution in [0.1, 0.15) is 71.2 Å². The van der Waals surface area contributed by atoms with E-state index in [1.165, 1.54) is 11.3 Å². The van der Waals surface area contributed by atoms with Crippen LogP contribution in [-0.4, -0.2) is 81.3 Å². The molecule has 0 bridgehead atoms. The van der Waals surface area contributed by atoms with Gasteiger partial charge in [-0.1, -0.05) is 6.07 Å². The van der Waals surface area contributed by atoms with Crippen molar-refractivity contribution < 1.29 is 23.9 Å². The van der Waals surface area contributed by atoms with E-state index >= 15 is 0 Å². The van der Waals surface area contributed by atoms with Gasteiger partial charge < -0.3 is 29.9 Å². The minimum Gasteiger partial charge on any atom is -0.444 e. The van der Waals surface area contributed by atoms with Crippen molar-refractivity contribution in [2.24, 2.45) is 11.8 Å². The third-order valence-corrected chi connectivity index (χ3v) is 12.0. The number of fused-ring (bicyclic) bond motifs is 3. The Balaban J connectivity index is 1.04. The van der Waals surface area contributed by atoms with Gasteiger partial charge in [-0.3, -0.25) is 9.78 Å². The molecule has 7 rings (SSSR count). The number of ether oxygens (including phenoxy) is 2. The molecule has 2 fully saturated rings. The van der Waals surface area contributed by atoms with Crippen molar-refractivity contribution in [2.75, 3.05) is 31.5 Å². The topological polar surface area (TPSA) is 126 Å². The normalized spacial score (nSPS) is 20.2. The Kier molecular flexibility index (Phi) is 10.0. The van der Waals surface area contributed by atoms with Crippen molar-refractivity contribution in [3.63, 3.8) is 0 Å². The number of anilines is 1. The van der Waals surface area contributed by atoms with Crippen molar-refractivity contribution in [1.82, 2.24) is 25.1 Å². The standard InChI is InChI=1S/C39H48N6O5S2/c1-38(2,3)49-36(47)44-16-12-28-31(22-44)52-35(33(28)34-42-29-19-24(7-8-30(29)51-34)23-9-13-40-14-10-23)43-32(46)11-15-41-27-17-25-20-45(21-26(25)18-27)37(48)50-39(4,5)6/h7-10,13-14,19,25-27,41H,11-12,15-18,20-22H2,1-6H3,(H,43,46). The Morgan fingerprint density at radius 3 is 2.23 bits per heavy atom. The van der Waals surface area contributed by atoms with Crippen LogP contribution in [-0.2, 0) is 27.2 Å². The fourth-order valence-corrected chi connectivity index (χ4v) is 9.85. The zero-order valence-electron chi connectivity index (χ0n) is 30.8. The van der Waals surface area contributed by atoms with Gasteiger partial charge in [-0.05, 0) is 114 Å². The highest BCUT2D eigenvalue weighted by Crippen LogP contribution is 2.46. The van der Waals surface area contributed by atoms with E-state index in [4.69, 9.17) is 14.5 Å². The van der Waals surface area contributed by atoms with Crippen LogP contribution in [0, 0.1) is 11.8 Å². The first kappa shape index (κ1) is 36.3. The monoisotopic (exact) mass is 744 g/mol. The number of hydrogen-bond donors (Lipinski definition) is 2. The number of pyridine rings is 1. The number of carbonyl (C=O) groups excluding carboxylic acids is 3. The summed E-state index contributed by atoms with van der Waals surface area (Å²) in [6.07, 6.45) is 5.97. The van der Waals surface area contributed by atoms with Gasteiger partial charge in [-0.25, -0.2) is 14.6 Å². The lowest BCUT2D eigenvalue weighted by molar-refractivity contribution is -0.116. The third kappa shape index (κ3) is 8.26. The molecule has 276 valence electrons. The lowest BCUT2D eigenvalue weighted by Crippen LogP contribution is -2.39. The number of aromatic nitrogens is 2. The second-order valence-electron chi connectivity index (χ2n) is 16.1. The molecule has 3 aliphatic rings. The molecule has 0 spiro atoms. The maximum atomic E-state index is 13.5. The largest absolute Gasteiger partial charge is 0.444 e. The summed E-state index contributed by atoms with van der Waals surface area (Å²) in [5.74, 6) is 0.842. The summed E-state index contributed by atoms with van der Waals surface area (Å²) in [6, 6.07) is 10.6. The minimum absolute atomic E-state index is 0.0632. The molecule has 13 heteroatoms. The molecule has 1 saturated carbocycles. The van der Waals surface area contributed by atoms with Gasteiger partial charge in [-0.2, -0.15) is 0 Å². The molecule has 5 heterocycles. The van der Waals surface area contributed by atoms with E-state index in [9.17, 15) is 14.4 Å². The van der Waals surface area contributed by atoms with E-state index in [1.807, 2.05) is 58.6 Å². The van der Waals surface area contributed by atoms with Crippen molar-refractivity contribution in [3.8, 4) is 21.7 Å². The Hall–Kier alpha value is -4.07. The van der Waals surface area contributed by atoms with E-state index in [2.05, 4.69) is 33.8 Å². The molecule has 2 unspecified atom stereocenters. The number of carbonyl (C=O) groups is 3. The van der Waals surface area contributed by atoms with Gasteiger partial charge in [0.05, 0.1) is 16.8 Å². The molecule has 2 N–H and O–H groups in total. The molecule has 2 aliphatic heterocycles. The predicted molar refractivity (Wildman–Crippen MR) is 206 cm³/mol. The first-order valence-electron chi connectivity index (χ1n) is 18.1. The highest BCUT2D eigenvalue weighted by Gasteiger charge is 2.43. The van der Waals surface area contributed by atoms with Crippen molar-refractivity contribution in [2.45, 2.75) is 91.0 Å². The quantitative estimate of drug-likeness (QED) is 0.195. The first-order valence-corrected chi connectivity index (χ1v) is 19.8. The summed E-state index contributed by atoms with van der Waals surface area (Å²) in [6.45, 7) is 14.3. The fraction of sp³-hybridized carbons (Fsp3) is 0.513. The zero-order valence-corrected chi connectivity index (χ0v) is 32.4. The van der Waals surface area contributed by atoms with Crippen LogP contribution in [0.3, 0.4) is 0 Å². The molecule has 3 aromatic heterocycles. The maximum absolute atomic E-state index is 13.5. The molecule has 1 aliphatic carbocycles. The molecule has 11 nitrogen and oxygen atoms in total. The molecular weight excluding hydrogens is 697 g/mol. The highest BCUT2D eigenvalue weighted by molar-refractivity contribution is 7.23. The molecule has 3 amide bonds. The number of amides is 3. The van der Waals surface area contributed by atoms with Gasteiger partial charge >= 0.3 is 12.2 Å². The van der Waals surface area contributed by atoms with Crippen LogP contribution in [0.5, 0.6) is 0 Å². The lowest BCUT2D eigenvalue weighted by Gasteiger charge is -2.30. The van der Waals surface area contributed by atoms with Gasteiger partial charge in [0.1, 0.15) is 21.2 Å². The van der Waals surface area contributed by atoms with E-state index in [0.717, 1.165) is 73.3 Å². The van der Waals surface area contributed by atoms with Gasteiger partial charge in [0.2, 0.25) is 5.91 Å². The van der Waals surface area contributed by atoms with Crippen molar-refractivity contribution in [1.29, 1.82) is 0 Å². The van der Waals surface area contributed by atoms with Gasteiger partial charge in [0, 0.05) is 61.5 Å². The Labute approximate surface area is 313 Å². The smallest absolute Gasteiger partial charge is 0.410 e. The molecule has 52 heavy (non-hydrogen) atoms. The maximum Gasteiger partial charge on any atom is 0.410 e. The molecule has 1 aromatic carbocycles. The molecule has 2 atom stereocenters. The number of rotatable bonds is 7. The van der Waals surface area contributed by atoms with Crippen LogP contribution < -0.4 is 10.6 Å². The number of likely N-dealkylation sites (tertiary alicyclic amines) is 1. The molecule has 1 saturated heterocycles. The summed E-state index contributed by atoms with van der Waals surface area (Å²) in [7, 11) is 0. The Morgan fingerprint density at radius 1 is 0.885 bits per heavy atom. The minimum atomic E-state index is -0.584. The zero-order chi connectivity index (χ0) is 36.8. The fourth-order valence-electron chi connectivity index (χ4n) is 7.48. The van der Waals surface area contributed by atoms with Gasteiger partial charge in [-0.15, -0.1) is 22.7 Å². The highest BCUT2D eigenvalue weighted by atomic mass is 32.1. The second kappa shape index (κ2) is 14.4. The van der Waals surface area contributed by atoms with E-state index in [-0.39, 0.29) is 18.1 Å². The van der Waals surface area contributed by atoms with E-state index in [1.54, 1.807) is 28.6 Å². The average molecular weight is 745 g/mol. The van der Waals surface area contributed by atoms with Crippen molar-refractivity contribution >= 4 is 56.0 Å². The Bertz CT molecular complexity index is 1950. The van der Waals surface area contributed by atoms with E-state index in [0.29, 0.717) is 50.4 Å². The SMILES string of the molecule is CC(C)(C)OC(=O)N1CCc2c(sc(NC(=O)CCNC3CC4CN(C(=O)OC(C)(C)C)CC4C3)c2-c2nc3cc(-c4ccncc4)ccc3s2)C1. The van der Waals surface area contributed by atoms with Crippen LogP contribution >= 0.6 is 22.7 Å². The number of thiophene rings is 1. The molecule has 4 aromatic rings. The van der Waals surface area contributed by atoms with E-state index < -0.39 is 11.2 Å². The number of hydrogen-bond acceptors (Lipinski definition) is 10. The number of nitrogens with zero attached hydrogens (tertiary/aromatic N) is 4. The summed E-state index contributed by atoms with van der Waals surface area (Å²) < 4.78 is 12.3.